The van der Waals surface area contributed by atoms with E-state index in [4.69, 9.17) is 20.4 Å². The van der Waals surface area contributed by atoms with Gasteiger partial charge in [0.1, 0.15) is 5.01 Å². The van der Waals surface area contributed by atoms with Gasteiger partial charge in [-0.3, -0.25) is 0 Å². The lowest BCUT2D eigenvalue weighted by molar-refractivity contribution is -0.0396. The molecule has 0 unspecified atom stereocenters. The summed E-state index contributed by atoms with van der Waals surface area (Å²) in [5.74, 6) is 1.46. The fraction of sp³-hybridized carbons (Fsp3) is 0.586. The highest BCUT2D eigenvalue weighted by Crippen LogP contribution is 2.32. The number of benzene rings is 1. The van der Waals surface area contributed by atoms with Crippen LogP contribution in [0.4, 0.5) is 11.1 Å². The van der Waals surface area contributed by atoms with Gasteiger partial charge in [-0.25, -0.2) is 9.97 Å². The Balaban J connectivity index is 1.03. The molecule has 1 saturated carbocycles. The molecule has 0 amide bonds. The van der Waals surface area contributed by atoms with Gasteiger partial charge in [-0.2, -0.15) is 0 Å². The molecule has 2 saturated heterocycles. The average molecular weight is 534 g/mol. The Morgan fingerprint density at radius 2 is 1.37 bits per heavy atom. The molecule has 3 aliphatic rings. The minimum Gasteiger partial charge on any atom is -0.375 e. The smallest absolute Gasteiger partial charge is 0.225 e. The molecule has 2 N–H and O–H groups in total. The summed E-state index contributed by atoms with van der Waals surface area (Å²) in [6, 6.07) is 8.47. The van der Waals surface area contributed by atoms with E-state index in [1.807, 2.05) is 12.4 Å². The Kier molecular flexibility index (Phi) is 8.13. The van der Waals surface area contributed by atoms with Crippen molar-refractivity contribution in [1.82, 2.24) is 20.2 Å². The average Bonchev–Trinajstić information content (AvgIpc) is 3.49. The summed E-state index contributed by atoms with van der Waals surface area (Å²) in [6.07, 6.45) is 15.6. The Hall–Kier alpha value is -2.62. The highest BCUT2D eigenvalue weighted by molar-refractivity contribution is 7.18. The SMILES string of the molecule is NCC1CCN(c2nnc(-c3ccc(-c4cnc(N5CCC(OC6CCCCC6)CC5)nc4)cc3)s2)CC1. The van der Waals surface area contributed by atoms with Gasteiger partial charge < -0.3 is 20.3 Å². The van der Waals surface area contributed by atoms with Gasteiger partial charge in [-0.15, -0.1) is 10.2 Å². The van der Waals surface area contributed by atoms with Crippen LogP contribution in [0.2, 0.25) is 0 Å². The fourth-order valence-electron chi connectivity index (χ4n) is 5.92. The maximum Gasteiger partial charge on any atom is 0.225 e. The number of anilines is 2. The predicted molar refractivity (Wildman–Crippen MR) is 154 cm³/mol. The number of piperidine rings is 2. The maximum atomic E-state index is 6.39. The predicted octanol–water partition coefficient (Wildman–Crippen LogP) is 5.16. The van der Waals surface area contributed by atoms with E-state index in [0.29, 0.717) is 18.1 Å². The molecule has 6 rings (SSSR count). The Labute approximate surface area is 229 Å². The summed E-state index contributed by atoms with van der Waals surface area (Å²) in [4.78, 5) is 14.0. The topological polar surface area (TPSA) is 93.3 Å². The molecule has 1 aliphatic carbocycles. The Bertz CT molecular complexity index is 1150. The summed E-state index contributed by atoms with van der Waals surface area (Å²) in [7, 11) is 0. The monoisotopic (exact) mass is 533 g/mol. The number of rotatable bonds is 7. The molecule has 0 spiro atoms. The first-order chi connectivity index (χ1) is 18.7. The van der Waals surface area contributed by atoms with E-state index >= 15 is 0 Å². The van der Waals surface area contributed by atoms with Gasteiger partial charge in [0, 0.05) is 49.7 Å². The first-order valence-electron chi connectivity index (χ1n) is 14.4. The molecule has 4 heterocycles. The number of aromatic nitrogens is 4. The van der Waals surface area contributed by atoms with Gasteiger partial charge in [0.15, 0.2) is 0 Å². The van der Waals surface area contributed by atoms with Crippen LogP contribution in [0.15, 0.2) is 36.7 Å². The van der Waals surface area contributed by atoms with Gasteiger partial charge in [-0.1, -0.05) is 54.9 Å². The zero-order valence-electron chi connectivity index (χ0n) is 22.2. The van der Waals surface area contributed by atoms with Crippen LogP contribution in [0.3, 0.4) is 0 Å². The first-order valence-corrected chi connectivity index (χ1v) is 15.2. The molecule has 3 aromatic rings. The summed E-state index contributed by atoms with van der Waals surface area (Å²) in [5, 5.41) is 10.9. The van der Waals surface area contributed by atoms with E-state index in [2.05, 4.69) is 44.3 Å². The van der Waals surface area contributed by atoms with Gasteiger partial charge in [0.25, 0.3) is 0 Å². The quantitative estimate of drug-likeness (QED) is 0.445. The molecule has 3 fully saturated rings. The van der Waals surface area contributed by atoms with Crippen molar-refractivity contribution in [2.75, 3.05) is 42.5 Å². The van der Waals surface area contributed by atoms with Crippen LogP contribution in [-0.2, 0) is 4.74 Å². The van der Waals surface area contributed by atoms with E-state index in [-0.39, 0.29) is 0 Å². The summed E-state index contributed by atoms with van der Waals surface area (Å²) < 4.78 is 6.39. The second-order valence-electron chi connectivity index (χ2n) is 11.0. The molecule has 2 aromatic heterocycles. The third-order valence-corrected chi connectivity index (χ3v) is 9.43. The van der Waals surface area contributed by atoms with Gasteiger partial charge in [0.2, 0.25) is 11.1 Å². The molecule has 0 radical (unpaired) electrons. The molecular formula is C29H39N7OS. The molecule has 38 heavy (non-hydrogen) atoms. The minimum atomic E-state index is 0.389. The fourth-order valence-corrected chi connectivity index (χ4v) is 6.83. The maximum absolute atomic E-state index is 6.39. The first kappa shape index (κ1) is 25.6. The van der Waals surface area contributed by atoms with E-state index in [0.717, 1.165) is 91.2 Å². The van der Waals surface area contributed by atoms with Crippen molar-refractivity contribution in [3.63, 3.8) is 0 Å². The van der Waals surface area contributed by atoms with Crippen LogP contribution < -0.4 is 15.5 Å². The lowest BCUT2D eigenvalue weighted by Gasteiger charge is -2.34. The summed E-state index contributed by atoms with van der Waals surface area (Å²) in [5.41, 5.74) is 9.05. The van der Waals surface area contributed by atoms with Crippen molar-refractivity contribution in [2.24, 2.45) is 11.7 Å². The van der Waals surface area contributed by atoms with Crippen LogP contribution in [0, 0.1) is 5.92 Å². The van der Waals surface area contributed by atoms with Crippen molar-refractivity contribution in [1.29, 1.82) is 0 Å². The highest BCUT2D eigenvalue weighted by Gasteiger charge is 2.25. The van der Waals surface area contributed by atoms with Crippen LogP contribution in [0.25, 0.3) is 21.7 Å². The van der Waals surface area contributed by atoms with Crippen molar-refractivity contribution in [2.45, 2.75) is 70.0 Å². The number of hydrogen-bond acceptors (Lipinski definition) is 9. The van der Waals surface area contributed by atoms with E-state index in [9.17, 15) is 0 Å². The van der Waals surface area contributed by atoms with E-state index in [1.54, 1.807) is 11.3 Å². The molecule has 2 aliphatic heterocycles. The van der Waals surface area contributed by atoms with E-state index < -0.39 is 0 Å². The Morgan fingerprint density at radius 3 is 2.05 bits per heavy atom. The molecule has 1 aromatic carbocycles. The van der Waals surface area contributed by atoms with Crippen molar-refractivity contribution >= 4 is 22.4 Å². The number of hydrogen-bond donors (Lipinski definition) is 1. The lowest BCUT2D eigenvalue weighted by Crippen LogP contribution is -2.39. The van der Waals surface area contributed by atoms with Gasteiger partial charge in [-0.05, 0) is 56.6 Å². The minimum absolute atomic E-state index is 0.389. The highest BCUT2D eigenvalue weighted by atomic mass is 32.1. The van der Waals surface area contributed by atoms with Crippen LogP contribution in [0.5, 0.6) is 0 Å². The standard InChI is InChI=1S/C29H39N7OS/c30-18-21-10-14-36(15-11-21)29-34-33-27(38-29)23-8-6-22(7-9-23)24-19-31-28(32-20-24)35-16-12-26(13-17-35)37-25-4-2-1-3-5-25/h6-9,19-21,25-26H,1-5,10-18,30H2. The normalized spacial score (nSPS) is 20.2. The summed E-state index contributed by atoms with van der Waals surface area (Å²) in [6.45, 7) is 4.72. The number of ether oxygens (including phenoxy) is 1. The van der Waals surface area contributed by atoms with Crippen LogP contribution in [0.1, 0.15) is 57.8 Å². The molecule has 0 bridgehead atoms. The van der Waals surface area contributed by atoms with Crippen molar-refractivity contribution in [3.05, 3.63) is 36.7 Å². The molecule has 9 heteroatoms. The van der Waals surface area contributed by atoms with Crippen molar-refractivity contribution < 1.29 is 4.74 Å². The third-order valence-electron chi connectivity index (χ3n) is 8.40. The van der Waals surface area contributed by atoms with Crippen LogP contribution >= 0.6 is 11.3 Å². The molecule has 202 valence electrons. The number of nitrogens with two attached hydrogens (primary N) is 1. The lowest BCUT2D eigenvalue weighted by atomic mass is 9.97. The second-order valence-corrected chi connectivity index (χ2v) is 11.9. The second kappa shape index (κ2) is 12.1. The molecule has 0 atom stereocenters. The third kappa shape index (κ3) is 6.00. The van der Waals surface area contributed by atoms with Gasteiger partial charge >= 0.3 is 0 Å². The zero-order chi connectivity index (χ0) is 25.7. The zero-order valence-corrected chi connectivity index (χ0v) is 23.0. The Morgan fingerprint density at radius 1 is 0.737 bits per heavy atom. The molecule has 8 nitrogen and oxygen atoms in total. The largest absolute Gasteiger partial charge is 0.375 e. The number of nitrogens with zero attached hydrogens (tertiary/aromatic N) is 6. The van der Waals surface area contributed by atoms with Gasteiger partial charge in [0.05, 0.1) is 12.2 Å². The van der Waals surface area contributed by atoms with Crippen LogP contribution in [-0.4, -0.2) is 65.1 Å². The van der Waals surface area contributed by atoms with Crippen molar-refractivity contribution in [3.8, 4) is 21.7 Å². The molecular weight excluding hydrogens is 494 g/mol. The van der Waals surface area contributed by atoms with E-state index in [1.165, 1.54) is 32.1 Å². The summed E-state index contributed by atoms with van der Waals surface area (Å²) >= 11 is 1.66.